The summed E-state index contributed by atoms with van der Waals surface area (Å²) in [5.41, 5.74) is 0. The Labute approximate surface area is 94.2 Å². The first kappa shape index (κ1) is 13.3. The Morgan fingerprint density at radius 1 is 1.44 bits per heavy atom. The van der Waals surface area contributed by atoms with Crippen LogP contribution in [0, 0.1) is 0 Å². The molecular weight excluding hydrogens is 179 g/mol. The second-order valence-electron chi connectivity index (χ2n) is 2.46. The molecule has 0 rings (SSSR count). The number of hydrogen-bond donors (Lipinski definition) is 0. The first-order chi connectivity index (χ1) is 3.42. The fraction of sp³-hybridized carbons (Fsp3) is 0.800. The predicted molar refractivity (Wildman–Crippen MR) is 47.3 cm³/mol. The Hall–Kier alpha value is 1.66. The van der Waals surface area contributed by atoms with E-state index in [1.165, 1.54) is 0 Å². The van der Waals surface area contributed by atoms with E-state index in [2.05, 4.69) is 20.8 Å². The van der Waals surface area contributed by atoms with Crippen LogP contribution in [0.1, 0.15) is 20.8 Å². The van der Waals surface area contributed by atoms with Crippen LogP contribution in [0.5, 0.6) is 0 Å². The van der Waals surface area contributed by atoms with Crippen LogP contribution in [0.2, 0.25) is 0 Å². The quantitative estimate of drug-likeness (QED) is 0.282. The molecule has 0 aromatic rings. The Bertz CT molecular complexity index is 94.9. The van der Waals surface area contributed by atoms with Crippen LogP contribution < -0.4 is 29.6 Å². The minimum absolute atomic E-state index is 0. The molecule has 9 heavy (non-hydrogen) atoms. The number of hydrogen-bond acceptors (Lipinski definition) is 3. The van der Waals surface area contributed by atoms with Crippen molar-refractivity contribution in [2.75, 3.05) is 0 Å². The molecule has 0 N–H and O–H groups in total. The van der Waals surface area contributed by atoms with E-state index in [4.69, 9.17) is 24.8 Å². The summed E-state index contributed by atoms with van der Waals surface area (Å²) < 4.78 is 0.802. The zero-order valence-corrected chi connectivity index (χ0v) is 10.7. The molecule has 0 aromatic heterocycles. The van der Waals surface area contributed by atoms with Gasteiger partial charge in [-0.25, -0.2) is 0 Å². The summed E-state index contributed by atoms with van der Waals surface area (Å²) in [4.78, 5) is 0. The molecule has 0 aliphatic heterocycles. The molecule has 0 saturated heterocycles. The summed E-state index contributed by atoms with van der Waals surface area (Å²) in [6.45, 7) is 6.28. The predicted octanol–water partition coefficient (Wildman–Crippen LogP) is -0.646. The maximum Gasteiger partial charge on any atom is 1.00 e. The van der Waals surface area contributed by atoms with Crippen molar-refractivity contribution in [2.45, 2.75) is 25.5 Å². The average molecular weight is 188 g/mol. The van der Waals surface area contributed by atoms with Gasteiger partial charge in [-0.2, -0.15) is 0 Å². The largest absolute Gasteiger partial charge is 1.00 e. The molecule has 0 nitrogen and oxygen atoms in total. The third-order valence-electron chi connectivity index (χ3n) is 0.390. The van der Waals surface area contributed by atoms with Crippen molar-refractivity contribution in [3.63, 3.8) is 0 Å². The van der Waals surface area contributed by atoms with E-state index in [1.807, 2.05) is 0 Å². The van der Waals surface area contributed by atoms with Crippen molar-refractivity contribution in [1.82, 2.24) is 0 Å². The maximum absolute atomic E-state index is 4.72. The Morgan fingerprint density at radius 2 is 1.78 bits per heavy atom. The normalized spacial score (nSPS) is 10.1. The van der Waals surface area contributed by atoms with Crippen LogP contribution in [0.4, 0.5) is 0 Å². The third-order valence-corrected chi connectivity index (χ3v) is 1.67. The van der Waals surface area contributed by atoms with Gasteiger partial charge in [0.15, 0.2) is 0 Å². The van der Waals surface area contributed by atoms with E-state index in [9.17, 15) is 0 Å². The van der Waals surface area contributed by atoms with Gasteiger partial charge in [0, 0.05) is 4.75 Å². The van der Waals surface area contributed by atoms with Gasteiger partial charge in [0.2, 0.25) is 0 Å². The monoisotopic (exact) mass is 188 g/mol. The van der Waals surface area contributed by atoms with Gasteiger partial charge in [0.05, 0.1) is 0 Å². The van der Waals surface area contributed by atoms with Gasteiger partial charge in [0.1, 0.15) is 0 Å². The average Bonchev–Trinajstić information content (AvgIpc) is 1.21. The van der Waals surface area contributed by atoms with Crippen LogP contribution in [0.3, 0.4) is 0 Å². The SMILES string of the molecule is CC(C)(C)SC(=S)[S-].[Na+]. The van der Waals surface area contributed by atoms with Crippen LogP contribution in [-0.2, 0) is 12.6 Å². The van der Waals surface area contributed by atoms with Crippen LogP contribution >= 0.6 is 24.0 Å². The molecule has 0 radical (unpaired) electrons. The fourth-order valence-electron chi connectivity index (χ4n) is 0.250. The van der Waals surface area contributed by atoms with E-state index in [0.717, 1.165) is 0 Å². The molecule has 0 amide bonds. The van der Waals surface area contributed by atoms with Crippen molar-refractivity contribution in [3.05, 3.63) is 0 Å². The zero-order chi connectivity index (χ0) is 6.78. The molecule has 48 valence electrons. The van der Waals surface area contributed by atoms with E-state index in [-0.39, 0.29) is 34.3 Å². The van der Waals surface area contributed by atoms with Crippen molar-refractivity contribution in [3.8, 4) is 0 Å². The van der Waals surface area contributed by atoms with Gasteiger partial charge in [-0.1, -0.05) is 24.3 Å². The van der Waals surface area contributed by atoms with Crippen molar-refractivity contribution in [2.24, 2.45) is 0 Å². The van der Waals surface area contributed by atoms with E-state index >= 15 is 0 Å². The molecule has 0 saturated carbocycles. The molecule has 0 bridgehead atoms. The van der Waals surface area contributed by atoms with Crippen LogP contribution in [0.15, 0.2) is 0 Å². The van der Waals surface area contributed by atoms with E-state index < -0.39 is 0 Å². The second-order valence-corrected chi connectivity index (χ2v) is 5.89. The second kappa shape index (κ2) is 5.33. The molecule has 0 aromatic carbocycles. The molecule has 0 fully saturated rings. The number of rotatable bonds is 0. The first-order valence-corrected chi connectivity index (χ1v) is 3.95. The molecular formula is C5H9NaS3. The number of thiocarbonyl (C=S) groups is 1. The molecule has 0 unspecified atom stereocenters. The minimum atomic E-state index is 0. The van der Waals surface area contributed by atoms with Gasteiger partial charge in [-0.05, 0) is 0 Å². The molecule has 0 aliphatic carbocycles. The summed E-state index contributed by atoms with van der Waals surface area (Å²) >= 11 is 11.0. The third kappa shape index (κ3) is 12.8. The summed E-state index contributed by atoms with van der Waals surface area (Å²) in [7, 11) is 0. The Kier molecular flexibility index (Phi) is 7.85. The Morgan fingerprint density at radius 3 is 1.78 bits per heavy atom. The van der Waals surface area contributed by atoms with Crippen molar-refractivity contribution in [1.29, 1.82) is 0 Å². The smallest absolute Gasteiger partial charge is 0.422 e. The number of thioether (sulfide) groups is 1. The summed E-state index contributed by atoms with van der Waals surface area (Å²) in [5.74, 6) is 0. The van der Waals surface area contributed by atoms with Gasteiger partial charge in [0.25, 0.3) is 0 Å². The summed E-state index contributed by atoms with van der Waals surface area (Å²) in [5, 5.41) is 0. The Balaban J connectivity index is 0. The molecule has 0 atom stereocenters. The van der Waals surface area contributed by atoms with Crippen LogP contribution in [-0.4, -0.2) is 8.28 Å². The topological polar surface area (TPSA) is 0 Å². The maximum atomic E-state index is 4.72. The molecule has 4 heteroatoms. The summed E-state index contributed by atoms with van der Waals surface area (Å²) in [6, 6.07) is 0. The minimum Gasteiger partial charge on any atom is -0.422 e. The molecule has 0 spiro atoms. The van der Waals surface area contributed by atoms with E-state index in [1.54, 1.807) is 11.8 Å². The fourth-order valence-corrected chi connectivity index (χ4v) is 2.25. The van der Waals surface area contributed by atoms with Gasteiger partial charge in [-0.15, -0.1) is 11.8 Å². The molecule has 0 aliphatic rings. The summed E-state index contributed by atoms with van der Waals surface area (Å²) in [6.07, 6.45) is 0. The standard InChI is InChI=1S/C5H10S3.Na/c1-5(2,3)8-4(6)7;/h1-3H3,(H,6,7);/q;+1/p-1. The van der Waals surface area contributed by atoms with Crippen LogP contribution in [0.25, 0.3) is 0 Å². The van der Waals surface area contributed by atoms with Crippen molar-refractivity contribution >= 4 is 40.1 Å². The zero-order valence-electron chi connectivity index (χ0n) is 6.22. The van der Waals surface area contributed by atoms with Gasteiger partial charge in [-0.3, -0.25) is 0 Å². The van der Waals surface area contributed by atoms with Gasteiger partial charge < -0.3 is 24.8 Å². The van der Waals surface area contributed by atoms with Crippen molar-refractivity contribution < 1.29 is 29.6 Å². The molecule has 0 heterocycles. The first-order valence-electron chi connectivity index (χ1n) is 2.32. The van der Waals surface area contributed by atoms with E-state index in [0.29, 0.717) is 3.53 Å². The van der Waals surface area contributed by atoms with Gasteiger partial charge >= 0.3 is 29.6 Å².